The molecular formula is C17H18O4. The van der Waals surface area contributed by atoms with Crippen LogP contribution in [0.5, 0.6) is 23.0 Å². The molecule has 2 aromatic carbocycles. The Morgan fingerprint density at radius 1 is 1.05 bits per heavy atom. The summed E-state index contributed by atoms with van der Waals surface area (Å²) in [6.07, 6.45) is 1.59. The van der Waals surface area contributed by atoms with Crippen LogP contribution in [0.25, 0.3) is 0 Å². The van der Waals surface area contributed by atoms with Crippen LogP contribution in [-0.4, -0.2) is 19.3 Å². The minimum absolute atomic E-state index is 0.157. The number of ether oxygens (including phenoxy) is 3. The van der Waals surface area contributed by atoms with Gasteiger partial charge in [0.2, 0.25) is 0 Å². The topological polar surface area (TPSA) is 47.9 Å². The van der Waals surface area contributed by atoms with Crippen LogP contribution in [0.15, 0.2) is 36.4 Å². The van der Waals surface area contributed by atoms with Crippen molar-refractivity contribution in [2.24, 2.45) is 0 Å². The Labute approximate surface area is 123 Å². The van der Waals surface area contributed by atoms with Crippen LogP contribution in [0.3, 0.4) is 0 Å². The molecule has 1 aliphatic heterocycles. The van der Waals surface area contributed by atoms with E-state index >= 15 is 0 Å². The van der Waals surface area contributed by atoms with Crippen molar-refractivity contribution in [2.75, 3.05) is 14.2 Å². The van der Waals surface area contributed by atoms with Gasteiger partial charge >= 0.3 is 0 Å². The molecule has 3 rings (SSSR count). The van der Waals surface area contributed by atoms with Gasteiger partial charge in [0.1, 0.15) is 29.1 Å². The third-order valence-corrected chi connectivity index (χ3v) is 3.80. The SMILES string of the molecule is COc1ccc([C@H]2CCc3ccc(OC)cc3O2)c(O)c1. The summed E-state index contributed by atoms with van der Waals surface area (Å²) in [5, 5.41) is 10.1. The number of methoxy groups -OCH3 is 2. The van der Waals surface area contributed by atoms with Crippen molar-refractivity contribution in [3.8, 4) is 23.0 Å². The molecule has 1 atom stereocenters. The molecule has 0 radical (unpaired) electrons. The van der Waals surface area contributed by atoms with Crippen molar-refractivity contribution >= 4 is 0 Å². The Bertz CT molecular complexity index is 651. The van der Waals surface area contributed by atoms with Crippen LogP contribution in [0.1, 0.15) is 23.7 Å². The number of rotatable bonds is 3. The lowest BCUT2D eigenvalue weighted by Gasteiger charge is -2.27. The summed E-state index contributed by atoms with van der Waals surface area (Å²) in [7, 11) is 3.21. The Hall–Kier alpha value is -2.36. The molecule has 4 heteroatoms. The Morgan fingerprint density at radius 2 is 1.76 bits per heavy atom. The van der Waals surface area contributed by atoms with E-state index in [0.717, 1.165) is 29.9 Å². The number of benzene rings is 2. The predicted octanol–water partition coefficient (Wildman–Crippen LogP) is 3.48. The number of phenolic OH excluding ortho intramolecular Hbond substituents is 1. The van der Waals surface area contributed by atoms with E-state index in [2.05, 4.69) is 0 Å². The first-order valence-electron chi connectivity index (χ1n) is 6.91. The second-order valence-electron chi connectivity index (χ2n) is 5.04. The highest BCUT2D eigenvalue weighted by Crippen LogP contribution is 2.40. The Morgan fingerprint density at radius 3 is 2.48 bits per heavy atom. The van der Waals surface area contributed by atoms with E-state index in [0.29, 0.717) is 5.75 Å². The monoisotopic (exact) mass is 286 g/mol. The lowest BCUT2D eigenvalue weighted by molar-refractivity contribution is 0.172. The molecule has 0 unspecified atom stereocenters. The van der Waals surface area contributed by atoms with Gasteiger partial charge in [-0.2, -0.15) is 0 Å². The summed E-state index contributed by atoms with van der Waals surface area (Å²) in [6.45, 7) is 0. The summed E-state index contributed by atoms with van der Waals surface area (Å²) in [6, 6.07) is 11.1. The predicted molar refractivity (Wildman–Crippen MR) is 79.3 cm³/mol. The third-order valence-electron chi connectivity index (χ3n) is 3.80. The van der Waals surface area contributed by atoms with Gasteiger partial charge < -0.3 is 19.3 Å². The number of hydrogen-bond acceptors (Lipinski definition) is 4. The first kappa shape index (κ1) is 13.6. The van der Waals surface area contributed by atoms with E-state index in [1.54, 1.807) is 20.3 Å². The van der Waals surface area contributed by atoms with Crippen molar-refractivity contribution in [2.45, 2.75) is 18.9 Å². The molecule has 2 aromatic rings. The average Bonchev–Trinajstić information content (AvgIpc) is 2.53. The zero-order valence-corrected chi connectivity index (χ0v) is 12.1. The largest absolute Gasteiger partial charge is 0.507 e. The molecule has 0 bridgehead atoms. The molecule has 1 heterocycles. The number of hydrogen-bond donors (Lipinski definition) is 1. The molecule has 0 amide bonds. The molecule has 0 saturated carbocycles. The zero-order chi connectivity index (χ0) is 14.8. The average molecular weight is 286 g/mol. The fourth-order valence-corrected chi connectivity index (χ4v) is 2.62. The smallest absolute Gasteiger partial charge is 0.128 e. The van der Waals surface area contributed by atoms with E-state index in [4.69, 9.17) is 14.2 Å². The normalized spacial score (nSPS) is 16.8. The molecule has 1 aliphatic rings. The van der Waals surface area contributed by atoms with Gasteiger partial charge in [0.15, 0.2) is 0 Å². The first-order valence-corrected chi connectivity index (χ1v) is 6.91. The first-order chi connectivity index (χ1) is 10.2. The molecule has 0 aromatic heterocycles. The van der Waals surface area contributed by atoms with Gasteiger partial charge in [-0.1, -0.05) is 6.07 Å². The zero-order valence-electron chi connectivity index (χ0n) is 12.1. The highest BCUT2D eigenvalue weighted by Gasteiger charge is 2.24. The highest BCUT2D eigenvalue weighted by atomic mass is 16.5. The minimum atomic E-state index is -0.157. The highest BCUT2D eigenvalue weighted by molar-refractivity contribution is 5.45. The number of fused-ring (bicyclic) bond motifs is 1. The van der Waals surface area contributed by atoms with Crippen LogP contribution < -0.4 is 14.2 Å². The fourth-order valence-electron chi connectivity index (χ4n) is 2.62. The van der Waals surface area contributed by atoms with Crippen LogP contribution in [0.4, 0.5) is 0 Å². The molecule has 0 spiro atoms. The van der Waals surface area contributed by atoms with Gasteiger partial charge in [-0.05, 0) is 36.6 Å². The quantitative estimate of drug-likeness (QED) is 0.938. The molecule has 4 nitrogen and oxygen atoms in total. The van der Waals surface area contributed by atoms with Gasteiger partial charge in [0, 0.05) is 17.7 Å². The van der Waals surface area contributed by atoms with Crippen molar-refractivity contribution in [1.82, 2.24) is 0 Å². The van der Waals surface area contributed by atoms with E-state index in [9.17, 15) is 5.11 Å². The van der Waals surface area contributed by atoms with Gasteiger partial charge in [-0.3, -0.25) is 0 Å². The van der Waals surface area contributed by atoms with E-state index < -0.39 is 0 Å². The van der Waals surface area contributed by atoms with Gasteiger partial charge in [-0.15, -0.1) is 0 Å². The second-order valence-corrected chi connectivity index (χ2v) is 5.04. The lowest BCUT2D eigenvalue weighted by Crippen LogP contribution is -2.15. The minimum Gasteiger partial charge on any atom is -0.507 e. The molecule has 0 fully saturated rings. The van der Waals surface area contributed by atoms with E-state index in [1.165, 1.54) is 5.56 Å². The fraction of sp³-hybridized carbons (Fsp3) is 0.294. The lowest BCUT2D eigenvalue weighted by atomic mass is 9.96. The summed E-state index contributed by atoms with van der Waals surface area (Å²) >= 11 is 0. The maximum absolute atomic E-state index is 10.1. The van der Waals surface area contributed by atoms with Gasteiger partial charge in [-0.25, -0.2) is 0 Å². The van der Waals surface area contributed by atoms with Crippen molar-refractivity contribution in [1.29, 1.82) is 0 Å². The summed E-state index contributed by atoms with van der Waals surface area (Å²) in [5.74, 6) is 2.42. The number of aryl methyl sites for hydroxylation is 1. The van der Waals surface area contributed by atoms with Crippen LogP contribution in [-0.2, 0) is 6.42 Å². The molecule has 0 saturated heterocycles. The van der Waals surface area contributed by atoms with Crippen molar-refractivity contribution in [3.63, 3.8) is 0 Å². The summed E-state index contributed by atoms with van der Waals surface area (Å²) in [5.41, 5.74) is 1.95. The van der Waals surface area contributed by atoms with Crippen LogP contribution >= 0.6 is 0 Å². The second kappa shape index (κ2) is 5.56. The Kier molecular flexibility index (Phi) is 3.60. The van der Waals surface area contributed by atoms with Crippen molar-refractivity contribution < 1.29 is 19.3 Å². The van der Waals surface area contributed by atoms with Crippen molar-refractivity contribution in [3.05, 3.63) is 47.5 Å². The van der Waals surface area contributed by atoms with Crippen LogP contribution in [0.2, 0.25) is 0 Å². The van der Waals surface area contributed by atoms with E-state index in [1.807, 2.05) is 30.3 Å². The number of aromatic hydroxyl groups is 1. The maximum atomic E-state index is 10.1. The summed E-state index contributed by atoms with van der Waals surface area (Å²) < 4.78 is 16.4. The standard InChI is InChI=1S/C17H18O4/c1-19-12-6-7-14(15(18)9-12)16-8-4-11-3-5-13(20-2)10-17(11)21-16/h3,5-7,9-10,16,18H,4,8H2,1-2H3/t16-/m1/s1. The maximum Gasteiger partial charge on any atom is 0.128 e. The number of phenols is 1. The van der Waals surface area contributed by atoms with Crippen LogP contribution in [0, 0.1) is 0 Å². The van der Waals surface area contributed by atoms with Gasteiger partial charge in [0.25, 0.3) is 0 Å². The molecular weight excluding hydrogens is 268 g/mol. The Balaban J connectivity index is 1.88. The molecule has 110 valence electrons. The summed E-state index contributed by atoms with van der Waals surface area (Å²) in [4.78, 5) is 0. The molecule has 21 heavy (non-hydrogen) atoms. The third kappa shape index (κ3) is 2.61. The molecule has 0 aliphatic carbocycles. The molecule has 1 N–H and O–H groups in total. The van der Waals surface area contributed by atoms with Gasteiger partial charge in [0.05, 0.1) is 14.2 Å². The van der Waals surface area contributed by atoms with E-state index in [-0.39, 0.29) is 11.9 Å².